The van der Waals surface area contributed by atoms with Gasteiger partial charge in [-0.2, -0.15) is 10.2 Å². The van der Waals surface area contributed by atoms with Crippen LogP contribution in [0.3, 0.4) is 0 Å². The average Bonchev–Trinajstić information content (AvgIpc) is 3.21. The fourth-order valence-corrected chi connectivity index (χ4v) is 4.15. The van der Waals surface area contributed by atoms with E-state index in [9.17, 15) is 0 Å². The van der Waals surface area contributed by atoms with E-state index in [0.29, 0.717) is 13.2 Å². The first-order valence-corrected chi connectivity index (χ1v) is 12.3. The number of halogens is 1. The lowest BCUT2D eigenvalue weighted by Crippen LogP contribution is -2.07. The third-order valence-electron chi connectivity index (χ3n) is 5.56. The highest BCUT2D eigenvalue weighted by Crippen LogP contribution is 2.29. The molecule has 0 atom stereocenters. The number of fused-ring (bicyclic) bond motifs is 3. The maximum absolute atomic E-state index is 6.03. The van der Waals surface area contributed by atoms with E-state index >= 15 is 0 Å². The normalized spacial score (nSPS) is 11.4. The summed E-state index contributed by atoms with van der Waals surface area (Å²) in [6.07, 6.45) is 0. The van der Waals surface area contributed by atoms with Crippen LogP contribution in [-0.2, 0) is 6.54 Å². The minimum atomic E-state index is 0.576. The smallest absolute Gasteiger partial charge is 0.119 e. The number of azo groups is 1. The van der Waals surface area contributed by atoms with Crippen LogP contribution < -0.4 is 9.47 Å². The molecule has 5 rings (SSSR count). The monoisotopic (exact) mass is 513 g/mol. The van der Waals surface area contributed by atoms with E-state index in [-0.39, 0.29) is 0 Å². The first-order chi connectivity index (χ1) is 16.8. The summed E-state index contributed by atoms with van der Waals surface area (Å²) in [5.41, 5.74) is 4.00. The number of aromatic nitrogens is 1. The van der Waals surface area contributed by atoms with Crippen LogP contribution in [0.4, 0.5) is 11.4 Å². The van der Waals surface area contributed by atoms with Gasteiger partial charge >= 0.3 is 0 Å². The second-order valence-corrected chi connectivity index (χ2v) is 8.55. The zero-order valence-corrected chi connectivity index (χ0v) is 20.2. The number of benzene rings is 4. The van der Waals surface area contributed by atoms with Crippen molar-refractivity contribution in [3.8, 4) is 11.5 Å². The van der Waals surface area contributed by atoms with Gasteiger partial charge < -0.3 is 14.0 Å². The number of rotatable bonds is 9. The van der Waals surface area contributed by atoms with Crippen molar-refractivity contribution in [3.63, 3.8) is 0 Å². The SMILES string of the molecule is BrCCOc1ccc(/N=N/c2ccc(OCCn3c4ccccc4c4ccccc43)cc2)cc1. The van der Waals surface area contributed by atoms with Crippen LogP contribution in [0.15, 0.2) is 107 Å². The van der Waals surface area contributed by atoms with Gasteiger partial charge in [0.25, 0.3) is 0 Å². The third kappa shape index (κ3) is 4.97. The second-order valence-electron chi connectivity index (χ2n) is 7.76. The number of ether oxygens (including phenoxy) is 2. The van der Waals surface area contributed by atoms with Crippen molar-refractivity contribution in [1.82, 2.24) is 4.57 Å². The molecule has 0 unspecified atom stereocenters. The Kier molecular flexibility index (Phi) is 6.86. The Morgan fingerprint density at radius 2 is 1.06 bits per heavy atom. The van der Waals surface area contributed by atoms with E-state index in [1.165, 1.54) is 21.8 Å². The van der Waals surface area contributed by atoms with Crippen LogP contribution in [0.2, 0.25) is 0 Å². The molecule has 1 aromatic heterocycles. The van der Waals surface area contributed by atoms with Crippen molar-refractivity contribution in [3.05, 3.63) is 97.1 Å². The maximum Gasteiger partial charge on any atom is 0.119 e. The number of hydrogen-bond acceptors (Lipinski definition) is 4. The van der Waals surface area contributed by atoms with Crippen molar-refractivity contribution >= 4 is 49.1 Å². The topological polar surface area (TPSA) is 48.1 Å². The molecular formula is C28H24BrN3O2. The fraction of sp³-hybridized carbons (Fsp3) is 0.143. The van der Waals surface area contributed by atoms with Gasteiger partial charge in [-0.3, -0.25) is 0 Å². The Labute approximate surface area is 206 Å². The molecule has 0 amide bonds. The van der Waals surface area contributed by atoms with E-state index in [4.69, 9.17) is 9.47 Å². The van der Waals surface area contributed by atoms with E-state index in [2.05, 4.69) is 79.3 Å². The Bertz CT molecular complexity index is 1360. The molecule has 0 radical (unpaired) electrons. The summed E-state index contributed by atoms with van der Waals surface area (Å²) in [5.74, 6) is 1.63. The fourth-order valence-electron chi connectivity index (χ4n) is 3.99. The van der Waals surface area contributed by atoms with Crippen LogP contribution in [0.25, 0.3) is 21.8 Å². The molecular weight excluding hydrogens is 490 g/mol. The number of para-hydroxylation sites is 2. The molecule has 0 bridgehead atoms. The lowest BCUT2D eigenvalue weighted by Gasteiger charge is -2.10. The van der Waals surface area contributed by atoms with Crippen LogP contribution in [0.5, 0.6) is 11.5 Å². The maximum atomic E-state index is 6.03. The van der Waals surface area contributed by atoms with E-state index in [1.807, 2.05) is 48.5 Å². The van der Waals surface area contributed by atoms with Crippen LogP contribution in [0, 0.1) is 0 Å². The van der Waals surface area contributed by atoms with Crippen LogP contribution in [0.1, 0.15) is 0 Å². The molecule has 5 nitrogen and oxygen atoms in total. The number of hydrogen-bond donors (Lipinski definition) is 0. The summed E-state index contributed by atoms with van der Waals surface area (Å²) in [6, 6.07) is 32.3. The molecule has 6 heteroatoms. The van der Waals surface area contributed by atoms with Gasteiger partial charge in [0.1, 0.15) is 18.1 Å². The Morgan fingerprint density at radius 3 is 1.56 bits per heavy atom. The first-order valence-electron chi connectivity index (χ1n) is 11.2. The highest BCUT2D eigenvalue weighted by Gasteiger charge is 2.09. The highest BCUT2D eigenvalue weighted by atomic mass is 79.9. The summed E-state index contributed by atoms with van der Waals surface area (Å²) >= 11 is 3.35. The van der Waals surface area contributed by atoms with Gasteiger partial charge in [0.15, 0.2) is 0 Å². The molecule has 0 aliphatic heterocycles. The first kappa shape index (κ1) is 22.2. The van der Waals surface area contributed by atoms with Gasteiger partial charge in [0.05, 0.1) is 24.5 Å². The predicted molar refractivity (Wildman–Crippen MR) is 141 cm³/mol. The standard InChI is InChI=1S/C28H24BrN3O2/c29-17-19-33-23-13-9-21(10-14-23)30-31-22-11-15-24(16-12-22)34-20-18-32-27-7-3-1-5-25(27)26-6-2-4-8-28(26)32/h1-16H,17-20H2/b31-30+. The van der Waals surface area contributed by atoms with Crippen molar-refractivity contribution in [2.75, 3.05) is 18.5 Å². The molecule has 0 fully saturated rings. The Balaban J connectivity index is 1.20. The molecule has 0 saturated heterocycles. The summed E-state index contributed by atoms with van der Waals surface area (Å²) in [6.45, 7) is 1.98. The average molecular weight is 514 g/mol. The minimum Gasteiger partial charge on any atom is -0.493 e. The van der Waals surface area contributed by atoms with Gasteiger partial charge in [-0.25, -0.2) is 0 Å². The Morgan fingerprint density at radius 1 is 0.588 bits per heavy atom. The van der Waals surface area contributed by atoms with E-state index < -0.39 is 0 Å². The zero-order chi connectivity index (χ0) is 23.2. The second kappa shape index (κ2) is 10.5. The molecule has 0 saturated carbocycles. The number of alkyl halides is 1. The van der Waals surface area contributed by atoms with Crippen molar-refractivity contribution in [2.24, 2.45) is 10.2 Å². The van der Waals surface area contributed by atoms with Gasteiger partial charge in [-0.1, -0.05) is 52.3 Å². The van der Waals surface area contributed by atoms with Crippen molar-refractivity contribution < 1.29 is 9.47 Å². The van der Waals surface area contributed by atoms with Crippen LogP contribution in [-0.4, -0.2) is 23.1 Å². The Hall–Kier alpha value is -3.64. The lowest BCUT2D eigenvalue weighted by molar-refractivity contribution is 0.302. The van der Waals surface area contributed by atoms with Crippen LogP contribution >= 0.6 is 15.9 Å². The van der Waals surface area contributed by atoms with E-state index in [1.54, 1.807) is 0 Å². The predicted octanol–water partition coefficient (Wildman–Crippen LogP) is 8.06. The van der Waals surface area contributed by atoms with Gasteiger partial charge in [-0.15, -0.1) is 0 Å². The third-order valence-corrected chi connectivity index (χ3v) is 5.89. The molecule has 1 heterocycles. The zero-order valence-electron chi connectivity index (χ0n) is 18.6. The quantitative estimate of drug-likeness (QED) is 0.148. The number of nitrogens with zero attached hydrogens (tertiary/aromatic N) is 3. The molecule has 4 aromatic carbocycles. The molecule has 0 N–H and O–H groups in total. The molecule has 0 aliphatic carbocycles. The molecule has 5 aromatic rings. The summed E-state index contributed by atoms with van der Waals surface area (Å²) < 4.78 is 13.9. The van der Waals surface area contributed by atoms with Gasteiger partial charge in [0.2, 0.25) is 0 Å². The highest BCUT2D eigenvalue weighted by molar-refractivity contribution is 9.09. The molecule has 0 aliphatic rings. The summed E-state index contributed by atoms with van der Waals surface area (Å²) in [4.78, 5) is 0. The largest absolute Gasteiger partial charge is 0.493 e. The summed E-state index contributed by atoms with van der Waals surface area (Å²) in [5, 5.41) is 12.0. The van der Waals surface area contributed by atoms with Gasteiger partial charge in [0, 0.05) is 27.1 Å². The van der Waals surface area contributed by atoms with Crippen molar-refractivity contribution in [2.45, 2.75) is 6.54 Å². The van der Waals surface area contributed by atoms with E-state index in [0.717, 1.165) is 34.7 Å². The molecule has 34 heavy (non-hydrogen) atoms. The van der Waals surface area contributed by atoms with Crippen molar-refractivity contribution in [1.29, 1.82) is 0 Å². The molecule has 170 valence electrons. The minimum absolute atomic E-state index is 0.576. The summed E-state index contributed by atoms with van der Waals surface area (Å²) in [7, 11) is 0. The molecule has 0 spiro atoms. The van der Waals surface area contributed by atoms with Gasteiger partial charge in [-0.05, 0) is 60.7 Å². The lowest BCUT2D eigenvalue weighted by atomic mass is 10.2.